The van der Waals surface area contributed by atoms with Gasteiger partial charge >= 0.3 is 0 Å². The first-order valence-corrected chi connectivity index (χ1v) is 4.09. The van der Waals surface area contributed by atoms with Crippen molar-refractivity contribution in [3.63, 3.8) is 0 Å². The number of hydrogen-bond acceptors (Lipinski definition) is 2. The van der Waals surface area contributed by atoms with E-state index in [0.29, 0.717) is 0 Å². The third kappa shape index (κ3) is 1.50. The third-order valence-electron chi connectivity index (χ3n) is 2.34. The van der Waals surface area contributed by atoms with Crippen molar-refractivity contribution in [3.05, 3.63) is 0 Å². The van der Waals surface area contributed by atoms with Crippen LogP contribution >= 0.6 is 0 Å². The van der Waals surface area contributed by atoms with Gasteiger partial charge in [-0.05, 0) is 19.4 Å². The number of ether oxygens (including phenoxy) is 1. The van der Waals surface area contributed by atoms with Gasteiger partial charge in [-0.2, -0.15) is 0 Å². The van der Waals surface area contributed by atoms with Crippen molar-refractivity contribution in [1.29, 1.82) is 0 Å². The van der Waals surface area contributed by atoms with E-state index in [9.17, 15) is 0 Å². The number of rotatable bonds is 3. The van der Waals surface area contributed by atoms with E-state index in [2.05, 4.69) is 12.2 Å². The van der Waals surface area contributed by atoms with E-state index in [4.69, 9.17) is 4.74 Å². The van der Waals surface area contributed by atoms with Crippen molar-refractivity contribution >= 4 is 0 Å². The topological polar surface area (TPSA) is 21.3 Å². The minimum Gasteiger partial charge on any atom is -0.377 e. The summed E-state index contributed by atoms with van der Waals surface area (Å²) in [6, 6.07) is 0. The van der Waals surface area contributed by atoms with Crippen LogP contribution in [-0.4, -0.2) is 25.8 Å². The summed E-state index contributed by atoms with van der Waals surface area (Å²) in [5.74, 6) is 0. The molecule has 2 nitrogen and oxygen atoms in total. The lowest BCUT2D eigenvalue weighted by molar-refractivity contribution is -0.000300. The Morgan fingerprint density at radius 3 is 2.80 bits per heavy atom. The van der Waals surface area contributed by atoms with Crippen molar-refractivity contribution in [1.82, 2.24) is 5.32 Å². The average molecular weight is 143 g/mol. The SMILES string of the molecule is CCCC1(OC)CCNC1. The van der Waals surface area contributed by atoms with Gasteiger partial charge in [0.1, 0.15) is 0 Å². The van der Waals surface area contributed by atoms with Gasteiger partial charge in [-0.15, -0.1) is 0 Å². The molecule has 1 unspecified atom stereocenters. The molecule has 1 atom stereocenters. The fourth-order valence-electron chi connectivity index (χ4n) is 1.67. The monoisotopic (exact) mass is 143 g/mol. The maximum absolute atomic E-state index is 5.48. The molecule has 1 saturated heterocycles. The lowest BCUT2D eigenvalue weighted by atomic mass is 9.97. The van der Waals surface area contributed by atoms with E-state index >= 15 is 0 Å². The van der Waals surface area contributed by atoms with E-state index in [1.807, 2.05) is 7.11 Å². The molecule has 60 valence electrons. The molecule has 1 aliphatic rings. The minimum absolute atomic E-state index is 0.175. The van der Waals surface area contributed by atoms with Gasteiger partial charge < -0.3 is 10.1 Å². The number of nitrogens with one attached hydrogen (secondary N) is 1. The first-order valence-electron chi connectivity index (χ1n) is 4.09. The molecule has 0 aliphatic carbocycles. The molecule has 1 heterocycles. The average Bonchev–Trinajstić information content (AvgIpc) is 2.39. The van der Waals surface area contributed by atoms with Crippen molar-refractivity contribution in [2.24, 2.45) is 0 Å². The highest BCUT2D eigenvalue weighted by molar-refractivity contribution is 4.88. The Bertz CT molecular complexity index is 97.4. The Hall–Kier alpha value is -0.0800. The van der Waals surface area contributed by atoms with Crippen molar-refractivity contribution in [2.45, 2.75) is 31.8 Å². The molecule has 0 amide bonds. The van der Waals surface area contributed by atoms with Crippen LogP contribution in [0.15, 0.2) is 0 Å². The largest absolute Gasteiger partial charge is 0.377 e. The Balaban J connectivity index is 2.41. The number of hydrogen-bond donors (Lipinski definition) is 1. The van der Waals surface area contributed by atoms with Crippen molar-refractivity contribution in [2.75, 3.05) is 20.2 Å². The third-order valence-corrected chi connectivity index (χ3v) is 2.34. The van der Waals surface area contributed by atoms with Gasteiger partial charge in [0.2, 0.25) is 0 Å². The Labute approximate surface area is 63.0 Å². The van der Waals surface area contributed by atoms with Gasteiger partial charge in [0.15, 0.2) is 0 Å². The highest BCUT2D eigenvalue weighted by Gasteiger charge is 2.32. The molecule has 0 radical (unpaired) electrons. The fraction of sp³-hybridized carbons (Fsp3) is 1.00. The molecule has 0 spiro atoms. The van der Waals surface area contributed by atoms with Crippen LogP contribution < -0.4 is 5.32 Å². The fourth-order valence-corrected chi connectivity index (χ4v) is 1.67. The van der Waals surface area contributed by atoms with Crippen LogP contribution in [-0.2, 0) is 4.74 Å². The van der Waals surface area contributed by atoms with Crippen LogP contribution in [0.4, 0.5) is 0 Å². The molecule has 1 rings (SSSR count). The van der Waals surface area contributed by atoms with Gasteiger partial charge in [0, 0.05) is 13.7 Å². The molecule has 2 heteroatoms. The molecule has 1 fully saturated rings. The van der Waals surface area contributed by atoms with Crippen LogP contribution in [0, 0.1) is 0 Å². The van der Waals surface area contributed by atoms with Gasteiger partial charge in [0.25, 0.3) is 0 Å². The summed E-state index contributed by atoms with van der Waals surface area (Å²) in [4.78, 5) is 0. The normalized spacial score (nSPS) is 33.0. The molecule has 1 aliphatic heterocycles. The smallest absolute Gasteiger partial charge is 0.0814 e. The second-order valence-corrected chi connectivity index (χ2v) is 3.06. The molecular weight excluding hydrogens is 126 g/mol. The summed E-state index contributed by atoms with van der Waals surface area (Å²) >= 11 is 0. The van der Waals surface area contributed by atoms with Crippen LogP contribution in [0.5, 0.6) is 0 Å². The summed E-state index contributed by atoms with van der Waals surface area (Å²) in [6.45, 7) is 4.37. The molecule has 1 N–H and O–H groups in total. The maximum atomic E-state index is 5.48. The van der Waals surface area contributed by atoms with Crippen molar-refractivity contribution < 1.29 is 4.74 Å². The van der Waals surface area contributed by atoms with Crippen LogP contribution in [0.2, 0.25) is 0 Å². The standard InChI is InChI=1S/C8H17NO/c1-3-4-8(10-2)5-6-9-7-8/h9H,3-7H2,1-2H3. The first kappa shape index (κ1) is 8.02. The zero-order valence-electron chi connectivity index (χ0n) is 6.94. The van der Waals surface area contributed by atoms with Gasteiger partial charge in [0.05, 0.1) is 5.60 Å². The number of methoxy groups -OCH3 is 1. The van der Waals surface area contributed by atoms with Crippen LogP contribution in [0.25, 0.3) is 0 Å². The van der Waals surface area contributed by atoms with Gasteiger partial charge in [-0.25, -0.2) is 0 Å². The predicted octanol–water partition coefficient (Wildman–Crippen LogP) is 1.17. The van der Waals surface area contributed by atoms with Crippen molar-refractivity contribution in [3.8, 4) is 0 Å². The lowest BCUT2D eigenvalue weighted by Crippen LogP contribution is -2.33. The zero-order chi connectivity index (χ0) is 7.45. The molecule has 0 bridgehead atoms. The molecule has 0 aromatic rings. The second-order valence-electron chi connectivity index (χ2n) is 3.06. The molecule has 0 aromatic heterocycles. The quantitative estimate of drug-likeness (QED) is 0.640. The van der Waals surface area contributed by atoms with Gasteiger partial charge in [-0.3, -0.25) is 0 Å². The first-order chi connectivity index (χ1) is 4.83. The van der Waals surface area contributed by atoms with E-state index in [0.717, 1.165) is 13.1 Å². The highest BCUT2D eigenvalue weighted by atomic mass is 16.5. The Kier molecular flexibility index (Phi) is 2.69. The minimum atomic E-state index is 0.175. The van der Waals surface area contributed by atoms with E-state index in [1.165, 1.54) is 19.3 Å². The summed E-state index contributed by atoms with van der Waals surface area (Å²) in [5, 5.41) is 3.32. The van der Waals surface area contributed by atoms with Crippen LogP contribution in [0.1, 0.15) is 26.2 Å². The summed E-state index contributed by atoms with van der Waals surface area (Å²) in [7, 11) is 1.82. The molecule has 0 aromatic carbocycles. The maximum Gasteiger partial charge on any atom is 0.0814 e. The van der Waals surface area contributed by atoms with E-state index < -0.39 is 0 Å². The second kappa shape index (κ2) is 3.35. The van der Waals surface area contributed by atoms with Crippen LogP contribution in [0.3, 0.4) is 0 Å². The predicted molar refractivity (Wildman–Crippen MR) is 42.1 cm³/mol. The zero-order valence-corrected chi connectivity index (χ0v) is 6.94. The lowest BCUT2D eigenvalue weighted by Gasteiger charge is -2.25. The summed E-state index contributed by atoms with van der Waals surface area (Å²) < 4.78 is 5.48. The van der Waals surface area contributed by atoms with E-state index in [1.54, 1.807) is 0 Å². The van der Waals surface area contributed by atoms with E-state index in [-0.39, 0.29) is 5.60 Å². The Morgan fingerprint density at radius 2 is 2.40 bits per heavy atom. The Morgan fingerprint density at radius 1 is 1.60 bits per heavy atom. The van der Waals surface area contributed by atoms with Gasteiger partial charge in [-0.1, -0.05) is 13.3 Å². The molecule has 0 saturated carbocycles. The summed E-state index contributed by atoms with van der Waals surface area (Å²) in [6.07, 6.45) is 3.59. The summed E-state index contributed by atoms with van der Waals surface area (Å²) in [5.41, 5.74) is 0.175. The molecular formula is C8H17NO. The highest BCUT2D eigenvalue weighted by Crippen LogP contribution is 2.23. The molecule has 10 heavy (non-hydrogen) atoms.